The van der Waals surface area contributed by atoms with Gasteiger partial charge in [0.25, 0.3) is 0 Å². The average Bonchev–Trinajstić information content (AvgIpc) is 2.87. The quantitative estimate of drug-likeness (QED) is 0.900. The Morgan fingerprint density at radius 3 is 3.05 bits per heavy atom. The van der Waals surface area contributed by atoms with Gasteiger partial charge in [0, 0.05) is 45.0 Å². The van der Waals surface area contributed by atoms with Crippen molar-refractivity contribution in [2.75, 3.05) is 6.54 Å². The number of hydrogen-bond donors (Lipinski definition) is 1. The first-order valence-electron chi connectivity index (χ1n) is 6.85. The first kappa shape index (κ1) is 13.1. The molecular formula is C17H18N2S. The Morgan fingerprint density at radius 1 is 1.50 bits per heavy atom. The second kappa shape index (κ2) is 5.25. The molecule has 3 rings (SSSR count). The van der Waals surface area contributed by atoms with E-state index in [0.717, 1.165) is 24.4 Å². The van der Waals surface area contributed by atoms with Gasteiger partial charge in [0.05, 0.1) is 0 Å². The fraction of sp³-hybridized carbons (Fsp3) is 0.235. The summed E-state index contributed by atoms with van der Waals surface area (Å²) in [4.78, 5) is 7.14. The second-order valence-corrected chi connectivity index (χ2v) is 6.08. The summed E-state index contributed by atoms with van der Waals surface area (Å²) in [6.07, 6.45) is 5.11. The van der Waals surface area contributed by atoms with Crippen LogP contribution in [0, 0.1) is 6.92 Å². The molecule has 0 radical (unpaired) electrons. The van der Waals surface area contributed by atoms with Crippen LogP contribution in [0.5, 0.6) is 0 Å². The molecule has 0 atom stereocenters. The molecule has 20 heavy (non-hydrogen) atoms. The minimum absolute atomic E-state index is 0.989. The van der Waals surface area contributed by atoms with E-state index in [-0.39, 0.29) is 0 Å². The topological polar surface area (TPSA) is 24.9 Å². The van der Waals surface area contributed by atoms with E-state index >= 15 is 0 Å². The molecule has 3 heterocycles. The molecule has 0 unspecified atom stereocenters. The van der Waals surface area contributed by atoms with Crippen LogP contribution in [0.3, 0.4) is 0 Å². The molecule has 0 saturated heterocycles. The van der Waals surface area contributed by atoms with Gasteiger partial charge in [-0.15, -0.1) is 11.3 Å². The average molecular weight is 282 g/mol. The van der Waals surface area contributed by atoms with E-state index in [4.69, 9.17) is 0 Å². The van der Waals surface area contributed by atoms with Crippen LogP contribution < -0.4 is 5.32 Å². The Labute approximate surface area is 123 Å². The predicted octanol–water partition coefficient (Wildman–Crippen LogP) is 4.02. The van der Waals surface area contributed by atoms with Crippen molar-refractivity contribution in [3.8, 4) is 0 Å². The van der Waals surface area contributed by atoms with Crippen LogP contribution in [0.15, 0.2) is 37.1 Å². The van der Waals surface area contributed by atoms with Crippen LogP contribution in [0.4, 0.5) is 0 Å². The molecule has 0 spiro atoms. The number of fused-ring (bicyclic) bond motifs is 1. The molecule has 0 saturated carbocycles. The highest BCUT2D eigenvalue weighted by molar-refractivity contribution is 7.13. The minimum Gasteiger partial charge on any atom is -0.385 e. The number of hydrogen-bond acceptors (Lipinski definition) is 3. The lowest BCUT2D eigenvalue weighted by atomic mass is 10.0. The summed E-state index contributed by atoms with van der Waals surface area (Å²) >= 11 is 1.88. The van der Waals surface area contributed by atoms with Gasteiger partial charge in [-0.3, -0.25) is 4.98 Å². The summed E-state index contributed by atoms with van der Waals surface area (Å²) in [7, 11) is 0. The SMILES string of the molecule is C=C1NCCc2sc(/C(=C/C)c3cccnc3C)cc21. The van der Waals surface area contributed by atoms with Crippen molar-refractivity contribution in [1.29, 1.82) is 0 Å². The van der Waals surface area contributed by atoms with E-state index in [1.54, 1.807) is 0 Å². The highest BCUT2D eigenvalue weighted by Crippen LogP contribution is 2.36. The fourth-order valence-electron chi connectivity index (χ4n) is 2.62. The molecule has 0 fully saturated rings. The van der Waals surface area contributed by atoms with Gasteiger partial charge < -0.3 is 5.32 Å². The van der Waals surface area contributed by atoms with Crippen LogP contribution in [-0.2, 0) is 6.42 Å². The first-order valence-corrected chi connectivity index (χ1v) is 7.67. The molecule has 1 N–H and O–H groups in total. The van der Waals surface area contributed by atoms with Crippen LogP contribution in [0.2, 0.25) is 0 Å². The molecule has 0 aliphatic carbocycles. The second-order valence-electron chi connectivity index (χ2n) is 4.94. The van der Waals surface area contributed by atoms with Crippen LogP contribution in [0.25, 0.3) is 11.3 Å². The molecule has 102 valence electrons. The molecule has 0 amide bonds. The Bertz CT molecular complexity index is 695. The van der Waals surface area contributed by atoms with Gasteiger partial charge in [-0.05, 0) is 38.0 Å². The summed E-state index contributed by atoms with van der Waals surface area (Å²) in [5.74, 6) is 0. The predicted molar refractivity (Wildman–Crippen MR) is 86.8 cm³/mol. The molecule has 0 aromatic carbocycles. The zero-order valence-electron chi connectivity index (χ0n) is 11.9. The highest BCUT2D eigenvalue weighted by atomic mass is 32.1. The number of allylic oxidation sites excluding steroid dienone is 1. The number of aromatic nitrogens is 1. The third kappa shape index (κ3) is 2.18. The highest BCUT2D eigenvalue weighted by Gasteiger charge is 2.18. The molecule has 3 heteroatoms. The van der Waals surface area contributed by atoms with Crippen LogP contribution in [0.1, 0.15) is 33.5 Å². The number of thiophene rings is 1. The van der Waals surface area contributed by atoms with Crippen molar-refractivity contribution in [3.05, 3.63) is 63.6 Å². The maximum absolute atomic E-state index is 4.40. The summed E-state index contributed by atoms with van der Waals surface area (Å²) in [5.41, 5.74) is 5.88. The Hall–Kier alpha value is -1.87. The lowest BCUT2D eigenvalue weighted by Gasteiger charge is -2.15. The molecule has 1 aliphatic heterocycles. The Morgan fingerprint density at radius 2 is 2.35 bits per heavy atom. The third-order valence-electron chi connectivity index (χ3n) is 3.68. The van der Waals surface area contributed by atoms with E-state index in [1.165, 1.54) is 26.5 Å². The Kier molecular flexibility index (Phi) is 3.45. The number of nitrogens with one attached hydrogen (secondary N) is 1. The molecule has 2 nitrogen and oxygen atoms in total. The number of nitrogens with zero attached hydrogens (tertiary/aromatic N) is 1. The van der Waals surface area contributed by atoms with Gasteiger partial charge in [0.1, 0.15) is 0 Å². The van der Waals surface area contributed by atoms with E-state index in [2.05, 4.69) is 48.9 Å². The summed E-state index contributed by atoms with van der Waals surface area (Å²) in [5, 5.41) is 3.34. The van der Waals surface area contributed by atoms with Crippen molar-refractivity contribution in [1.82, 2.24) is 10.3 Å². The molecule has 2 aromatic heterocycles. The Balaban J connectivity index is 2.08. The van der Waals surface area contributed by atoms with Crippen molar-refractivity contribution < 1.29 is 0 Å². The summed E-state index contributed by atoms with van der Waals surface area (Å²) in [6.45, 7) is 9.25. The van der Waals surface area contributed by atoms with Crippen molar-refractivity contribution in [2.24, 2.45) is 0 Å². The summed E-state index contributed by atoms with van der Waals surface area (Å²) in [6, 6.07) is 6.40. The van der Waals surface area contributed by atoms with Crippen molar-refractivity contribution in [2.45, 2.75) is 20.3 Å². The minimum atomic E-state index is 0.989. The maximum Gasteiger partial charge on any atom is 0.0451 e. The van der Waals surface area contributed by atoms with Gasteiger partial charge in [-0.25, -0.2) is 0 Å². The molecule has 1 aliphatic rings. The lowest BCUT2D eigenvalue weighted by Crippen LogP contribution is -2.20. The lowest BCUT2D eigenvalue weighted by molar-refractivity contribution is 0.830. The number of aryl methyl sites for hydroxylation is 1. The fourth-order valence-corrected chi connectivity index (χ4v) is 3.90. The smallest absolute Gasteiger partial charge is 0.0451 e. The van der Waals surface area contributed by atoms with E-state index in [9.17, 15) is 0 Å². The molecular weight excluding hydrogens is 264 g/mol. The van der Waals surface area contributed by atoms with Gasteiger partial charge in [-0.2, -0.15) is 0 Å². The zero-order valence-corrected chi connectivity index (χ0v) is 12.7. The molecule has 0 bridgehead atoms. The normalized spacial score (nSPS) is 14.9. The number of rotatable bonds is 2. The van der Waals surface area contributed by atoms with Gasteiger partial charge >= 0.3 is 0 Å². The zero-order chi connectivity index (χ0) is 14.1. The van der Waals surface area contributed by atoms with E-state index < -0.39 is 0 Å². The van der Waals surface area contributed by atoms with Crippen LogP contribution >= 0.6 is 11.3 Å². The van der Waals surface area contributed by atoms with Crippen LogP contribution in [-0.4, -0.2) is 11.5 Å². The maximum atomic E-state index is 4.40. The van der Waals surface area contributed by atoms with Crippen molar-refractivity contribution in [3.63, 3.8) is 0 Å². The summed E-state index contributed by atoms with van der Waals surface area (Å²) < 4.78 is 0. The van der Waals surface area contributed by atoms with Gasteiger partial charge in [0.2, 0.25) is 0 Å². The molecule has 2 aromatic rings. The number of pyridine rings is 1. The van der Waals surface area contributed by atoms with Gasteiger partial charge in [0.15, 0.2) is 0 Å². The van der Waals surface area contributed by atoms with E-state index in [0.29, 0.717) is 0 Å². The van der Waals surface area contributed by atoms with E-state index in [1.807, 2.05) is 23.6 Å². The first-order chi connectivity index (χ1) is 9.70. The third-order valence-corrected chi connectivity index (χ3v) is 4.90. The standard InChI is InChI=1S/C17H18N2S/c1-4-13(14-6-5-8-18-11(14)2)17-10-15-12(3)19-9-7-16(15)20-17/h4-6,8,10,19H,3,7,9H2,1-2H3/b13-4+. The van der Waals surface area contributed by atoms with Gasteiger partial charge in [-0.1, -0.05) is 18.7 Å². The monoisotopic (exact) mass is 282 g/mol. The van der Waals surface area contributed by atoms with Crippen molar-refractivity contribution >= 4 is 22.6 Å². The largest absolute Gasteiger partial charge is 0.385 e.